The molecule has 2 unspecified atom stereocenters. The lowest BCUT2D eigenvalue weighted by atomic mass is 9.94. The summed E-state index contributed by atoms with van der Waals surface area (Å²) in [7, 11) is 0. The number of furan rings is 1. The van der Waals surface area contributed by atoms with Crippen LogP contribution in [0.1, 0.15) is 37.0 Å². The predicted molar refractivity (Wildman–Crippen MR) is 80.0 cm³/mol. The minimum Gasteiger partial charge on any atom is -0.464 e. The molecule has 0 saturated carbocycles. The lowest BCUT2D eigenvalue weighted by Gasteiger charge is -2.36. The van der Waals surface area contributed by atoms with E-state index in [0.29, 0.717) is 24.1 Å². The van der Waals surface area contributed by atoms with Gasteiger partial charge in [0.15, 0.2) is 5.78 Å². The molecule has 2 atom stereocenters. The summed E-state index contributed by atoms with van der Waals surface area (Å²) in [6.45, 7) is 5.99. The molecule has 20 heavy (non-hydrogen) atoms. The Morgan fingerprint density at radius 1 is 1.30 bits per heavy atom. The highest BCUT2D eigenvalue weighted by Crippen LogP contribution is 2.24. The van der Waals surface area contributed by atoms with Gasteiger partial charge in [0.1, 0.15) is 11.8 Å². The minimum atomic E-state index is 0.163. The first-order valence-electron chi connectivity index (χ1n) is 7.38. The van der Waals surface area contributed by atoms with Crippen LogP contribution >= 0.6 is 0 Å². The molecule has 106 valence electrons. The van der Waals surface area contributed by atoms with E-state index in [1.54, 1.807) is 6.26 Å². The minimum absolute atomic E-state index is 0.163. The van der Waals surface area contributed by atoms with Crippen molar-refractivity contribution in [2.24, 2.45) is 5.92 Å². The summed E-state index contributed by atoms with van der Waals surface area (Å²) in [5.41, 5.74) is 1.50. The van der Waals surface area contributed by atoms with Gasteiger partial charge in [-0.1, -0.05) is 25.1 Å². The van der Waals surface area contributed by atoms with Crippen LogP contribution in [0.3, 0.4) is 0 Å². The maximum Gasteiger partial charge on any atom is 0.180 e. The fourth-order valence-electron chi connectivity index (χ4n) is 3.06. The van der Waals surface area contributed by atoms with Gasteiger partial charge in [0.2, 0.25) is 0 Å². The highest BCUT2D eigenvalue weighted by atomic mass is 16.3. The van der Waals surface area contributed by atoms with Gasteiger partial charge in [-0.05, 0) is 31.7 Å². The van der Waals surface area contributed by atoms with Crippen molar-refractivity contribution in [3.63, 3.8) is 0 Å². The van der Waals surface area contributed by atoms with E-state index in [9.17, 15) is 4.79 Å². The summed E-state index contributed by atoms with van der Waals surface area (Å²) in [6.07, 6.45) is 4.05. The van der Waals surface area contributed by atoms with Crippen molar-refractivity contribution in [2.45, 2.75) is 32.7 Å². The Balaban J connectivity index is 1.79. The topological polar surface area (TPSA) is 33.5 Å². The van der Waals surface area contributed by atoms with Crippen LogP contribution in [0.2, 0.25) is 0 Å². The molecule has 0 bridgehead atoms. The zero-order valence-corrected chi connectivity index (χ0v) is 12.1. The summed E-state index contributed by atoms with van der Waals surface area (Å²) >= 11 is 0. The number of carbonyl (C=O) groups excluding carboxylic acids is 1. The highest BCUT2D eigenvalue weighted by Gasteiger charge is 2.25. The molecule has 2 aromatic rings. The second-order valence-corrected chi connectivity index (χ2v) is 6.03. The molecule has 0 amide bonds. The summed E-state index contributed by atoms with van der Waals surface area (Å²) in [4.78, 5) is 14.8. The third kappa shape index (κ3) is 2.50. The van der Waals surface area contributed by atoms with Crippen LogP contribution in [0, 0.1) is 5.92 Å². The van der Waals surface area contributed by atoms with Gasteiger partial charge in [-0.25, -0.2) is 0 Å². The van der Waals surface area contributed by atoms with Gasteiger partial charge in [-0.15, -0.1) is 0 Å². The van der Waals surface area contributed by atoms with Crippen molar-refractivity contribution in [3.05, 3.63) is 36.1 Å². The Hall–Kier alpha value is -1.61. The van der Waals surface area contributed by atoms with Crippen molar-refractivity contribution >= 4 is 16.8 Å². The van der Waals surface area contributed by atoms with Crippen LogP contribution in [0.25, 0.3) is 11.0 Å². The first-order valence-corrected chi connectivity index (χ1v) is 7.38. The molecular formula is C17H21NO2. The van der Waals surface area contributed by atoms with Gasteiger partial charge in [0.25, 0.3) is 0 Å². The van der Waals surface area contributed by atoms with Crippen LogP contribution < -0.4 is 0 Å². The monoisotopic (exact) mass is 271 g/mol. The fourth-order valence-corrected chi connectivity index (χ4v) is 3.06. The fraction of sp³-hybridized carbons (Fsp3) is 0.471. The van der Waals surface area contributed by atoms with Crippen LogP contribution in [0.15, 0.2) is 34.9 Å². The number of hydrogen-bond acceptors (Lipinski definition) is 3. The number of Topliss-reactive ketones (excluding diaryl/α,β-unsaturated/α-hetero) is 1. The second-order valence-electron chi connectivity index (χ2n) is 6.03. The van der Waals surface area contributed by atoms with Crippen molar-refractivity contribution in [2.75, 3.05) is 13.1 Å². The van der Waals surface area contributed by atoms with E-state index in [1.165, 1.54) is 12.8 Å². The van der Waals surface area contributed by atoms with Crippen LogP contribution in [-0.4, -0.2) is 29.8 Å². The van der Waals surface area contributed by atoms with Gasteiger partial charge < -0.3 is 4.42 Å². The Morgan fingerprint density at radius 3 is 2.95 bits per heavy atom. The molecule has 2 heterocycles. The molecule has 3 heteroatoms. The Morgan fingerprint density at radius 2 is 2.10 bits per heavy atom. The average molecular weight is 271 g/mol. The molecule has 1 fully saturated rings. The van der Waals surface area contributed by atoms with Crippen molar-refractivity contribution < 1.29 is 9.21 Å². The molecule has 1 aliphatic rings. The number of likely N-dealkylation sites (tertiary alicyclic amines) is 1. The average Bonchev–Trinajstić information content (AvgIpc) is 2.87. The summed E-state index contributed by atoms with van der Waals surface area (Å²) in [6, 6.07) is 8.22. The number of para-hydroxylation sites is 1. The summed E-state index contributed by atoms with van der Waals surface area (Å²) in [5, 5.41) is 0.926. The van der Waals surface area contributed by atoms with E-state index < -0.39 is 0 Å². The van der Waals surface area contributed by atoms with E-state index in [4.69, 9.17) is 4.42 Å². The molecule has 1 aromatic heterocycles. The van der Waals surface area contributed by atoms with Crippen LogP contribution in [-0.2, 0) is 0 Å². The molecule has 0 spiro atoms. The number of benzene rings is 1. The standard InChI is InChI=1S/C17H21NO2/c1-12-7-8-13(2)18(9-12)10-16(19)15-11-20-17-6-4-3-5-14(15)17/h3-6,11-13H,7-10H2,1-2H3. The van der Waals surface area contributed by atoms with Gasteiger partial charge in [-0.3, -0.25) is 9.69 Å². The number of piperidine rings is 1. The van der Waals surface area contributed by atoms with Gasteiger partial charge in [0, 0.05) is 18.0 Å². The van der Waals surface area contributed by atoms with Crippen LogP contribution in [0.5, 0.6) is 0 Å². The van der Waals surface area contributed by atoms with E-state index in [-0.39, 0.29) is 5.78 Å². The Kier molecular flexibility index (Phi) is 3.62. The van der Waals surface area contributed by atoms with E-state index in [2.05, 4.69) is 18.7 Å². The van der Waals surface area contributed by atoms with Crippen molar-refractivity contribution in [3.8, 4) is 0 Å². The lowest BCUT2D eigenvalue weighted by Crippen LogP contribution is -2.43. The zero-order chi connectivity index (χ0) is 14.1. The third-order valence-corrected chi connectivity index (χ3v) is 4.37. The molecule has 0 N–H and O–H groups in total. The van der Waals surface area contributed by atoms with E-state index >= 15 is 0 Å². The molecule has 1 saturated heterocycles. The molecule has 3 rings (SSSR count). The zero-order valence-electron chi connectivity index (χ0n) is 12.1. The maximum absolute atomic E-state index is 12.5. The smallest absolute Gasteiger partial charge is 0.180 e. The SMILES string of the molecule is CC1CCC(C)N(CC(=O)c2coc3ccccc23)C1. The second kappa shape index (κ2) is 5.41. The number of carbonyl (C=O) groups is 1. The molecule has 1 aromatic carbocycles. The molecule has 0 radical (unpaired) electrons. The first kappa shape index (κ1) is 13.4. The number of fused-ring (bicyclic) bond motifs is 1. The van der Waals surface area contributed by atoms with Gasteiger partial charge in [0.05, 0.1) is 12.1 Å². The number of rotatable bonds is 3. The normalized spacial score (nSPS) is 24.1. The predicted octanol–water partition coefficient (Wildman–Crippen LogP) is 3.74. The highest BCUT2D eigenvalue weighted by molar-refractivity contribution is 6.08. The first-order chi connectivity index (χ1) is 9.65. The van der Waals surface area contributed by atoms with E-state index in [0.717, 1.165) is 17.5 Å². The van der Waals surface area contributed by atoms with Gasteiger partial charge in [-0.2, -0.15) is 0 Å². The molecule has 1 aliphatic heterocycles. The largest absolute Gasteiger partial charge is 0.464 e. The number of ketones is 1. The Bertz CT molecular complexity index is 616. The van der Waals surface area contributed by atoms with Crippen LogP contribution in [0.4, 0.5) is 0 Å². The molecule has 3 nitrogen and oxygen atoms in total. The van der Waals surface area contributed by atoms with Crippen molar-refractivity contribution in [1.29, 1.82) is 0 Å². The van der Waals surface area contributed by atoms with E-state index in [1.807, 2.05) is 24.3 Å². The maximum atomic E-state index is 12.5. The molecule has 0 aliphatic carbocycles. The lowest BCUT2D eigenvalue weighted by molar-refractivity contribution is 0.0806. The summed E-state index contributed by atoms with van der Waals surface area (Å²) < 4.78 is 5.47. The number of hydrogen-bond donors (Lipinski definition) is 0. The Labute approximate surface area is 119 Å². The molecular weight excluding hydrogens is 250 g/mol. The van der Waals surface area contributed by atoms with Gasteiger partial charge >= 0.3 is 0 Å². The van der Waals surface area contributed by atoms with Crippen molar-refractivity contribution in [1.82, 2.24) is 4.90 Å². The number of nitrogens with zero attached hydrogens (tertiary/aromatic N) is 1. The quantitative estimate of drug-likeness (QED) is 0.797. The third-order valence-electron chi connectivity index (χ3n) is 4.37. The summed E-state index contributed by atoms with van der Waals surface area (Å²) in [5.74, 6) is 0.844.